The van der Waals surface area contributed by atoms with E-state index in [0.29, 0.717) is 18.8 Å². The number of hydrogen-bond donors (Lipinski definition) is 2. The van der Waals surface area contributed by atoms with Crippen molar-refractivity contribution in [3.8, 4) is 16.9 Å². The number of carbonyl (C=O) groups is 1. The third-order valence-corrected chi connectivity index (χ3v) is 4.65. The maximum Gasteiger partial charge on any atom is 0.251 e. The zero-order valence-corrected chi connectivity index (χ0v) is 16.0. The van der Waals surface area contributed by atoms with Gasteiger partial charge in [-0.15, -0.1) is 0 Å². The molecule has 1 aromatic carbocycles. The number of aromatic nitrogens is 1. The van der Waals surface area contributed by atoms with E-state index in [1.165, 1.54) is 0 Å². The van der Waals surface area contributed by atoms with Gasteiger partial charge < -0.3 is 20.1 Å². The molecule has 0 saturated carbocycles. The van der Waals surface area contributed by atoms with Crippen molar-refractivity contribution in [3.63, 3.8) is 0 Å². The zero-order valence-electron chi connectivity index (χ0n) is 16.0. The first-order chi connectivity index (χ1) is 12.5. The molecule has 1 aromatic heterocycles. The largest absolute Gasteiger partial charge is 0.508 e. The third-order valence-electron chi connectivity index (χ3n) is 4.65. The van der Waals surface area contributed by atoms with E-state index in [0.717, 1.165) is 54.7 Å². The van der Waals surface area contributed by atoms with E-state index in [1.54, 1.807) is 18.2 Å². The van der Waals surface area contributed by atoms with Crippen LogP contribution in [0.2, 0.25) is 0 Å². The maximum absolute atomic E-state index is 12.2. The zero-order chi connectivity index (χ0) is 19.1. The van der Waals surface area contributed by atoms with E-state index >= 15 is 0 Å². The summed E-state index contributed by atoms with van der Waals surface area (Å²) in [6.45, 7) is 8.26. The first-order valence-corrected chi connectivity index (χ1v) is 9.40. The van der Waals surface area contributed by atoms with Gasteiger partial charge in [-0.3, -0.25) is 4.79 Å². The van der Waals surface area contributed by atoms with Crippen molar-refractivity contribution in [1.82, 2.24) is 4.57 Å². The van der Waals surface area contributed by atoms with Crippen LogP contribution < -0.4 is 5.73 Å². The number of unbranched alkanes of at least 4 members (excludes halogenated alkanes) is 1. The van der Waals surface area contributed by atoms with Crippen molar-refractivity contribution >= 4 is 5.91 Å². The summed E-state index contributed by atoms with van der Waals surface area (Å²) >= 11 is 0. The van der Waals surface area contributed by atoms with Crippen LogP contribution in [0.4, 0.5) is 0 Å². The second-order valence-electron chi connectivity index (χ2n) is 6.50. The van der Waals surface area contributed by atoms with Gasteiger partial charge in [0.05, 0.1) is 5.56 Å². The van der Waals surface area contributed by atoms with Crippen molar-refractivity contribution in [2.75, 3.05) is 13.2 Å². The van der Waals surface area contributed by atoms with Gasteiger partial charge in [-0.25, -0.2) is 0 Å². The number of amides is 1. The summed E-state index contributed by atoms with van der Waals surface area (Å²) in [7, 11) is 0. The van der Waals surface area contributed by atoms with E-state index in [9.17, 15) is 9.90 Å². The van der Waals surface area contributed by atoms with Gasteiger partial charge in [-0.05, 0) is 50.8 Å². The van der Waals surface area contributed by atoms with Crippen LogP contribution in [0, 0.1) is 6.92 Å². The van der Waals surface area contributed by atoms with Crippen molar-refractivity contribution in [1.29, 1.82) is 0 Å². The van der Waals surface area contributed by atoms with Gasteiger partial charge in [0.25, 0.3) is 5.91 Å². The van der Waals surface area contributed by atoms with E-state index < -0.39 is 5.91 Å². The topological polar surface area (TPSA) is 77.5 Å². The van der Waals surface area contributed by atoms with Crippen LogP contribution in [0.15, 0.2) is 24.3 Å². The third kappa shape index (κ3) is 4.47. The lowest BCUT2D eigenvalue weighted by Gasteiger charge is -2.13. The standard InChI is InChI=1S/C21H30N2O3/c1-4-6-11-18-20(16-9-7-10-17(24)14-16)19(21(22)25)15(3)23(18)12-8-13-26-5-2/h7,9-10,14,24H,4-6,8,11-13H2,1-3H3,(H2,22,25). The summed E-state index contributed by atoms with van der Waals surface area (Å²) in [5.41, 5.74) is 9.98. The lowest BCUT2D eigenvalue weighted by Crippen LogP contribution is -2.13. The Hall–Kier alpha value is -2.27. The van der Waals surface area contributed by atoms with E-state index in [-0.39, 0.29) is 5.75 Å². The lowest BCUT2D eigenvalue weighted by atomic mass is 9.97. The smallest absolute Gasteiger partial charge is 0.251 e. The highest BCUT2D eigenvalue weighted by molar-refractivity contribution is 6.02. The molecule has 0 atom stereocenters. The molecule has 26 heavy (non-hydrogen) atoms. The van der Waals surface area contributed by atoms with Crippen molar-refractivity contribution in [2.45, 2.75) is 53.0 Å². The summed E-state index contributed by atoms with van der Waals surface area (Å²) in [5.74, 6) is -0.247. The van der Waals surface area contributed by atoms with Crippen LogP contribution in [0.5, 0.6) is 5.75 Å². The van der Waals surface area contributed by atoms with Crippen LogP contribution in [0.3, 0.4) is 0 Å². The Kier molecular flexibility index (Phi) is 7.27. The molecular formula is C21H30N2O3. The maximum atomic E-state index is 12.2. The van der Waals surface area contributed by atoms with Gasteiger partial charge in [0.15, 0.2) is 0 Å². The number of phenols is 1. The predicted molar refractivity (Wildman–Crippen MR) is 105 cm³/mol. The number of nitrogens with zero attached hydrogens (tertiary/aromatic N) is 1. The number of primary amides is 1. The molecule has 3 N–H and O–H groups in total. The molecule has 0 aliphatic heterocycles. The second-order valence-corrected chi connectivity index (χ2v) is 6.50. The molecule has 0 spiro atoms. The lowest BCUT2D eigenvalue weighted by molar-refractivity contribution is 0.1000. The molecule has 0 aliphatic rings. The highest BCUT2D eigenvalue weighted by Gasteiger charge is 2.24. The van der Waals surface area contributed by atoms with Gasteiger partial charge >= 0.3 is 0 Å². The fourth-order valence-electron chi connectivity index (χ4n) is 3.45. The minimum absolute atomic E-state index is 0.182. The number of hydrogen-bond acceptors (Lipinski definition) is 3. The molecule has 2 rings (SSSR count). The highest BCUT2D eigenvalue weighted by atomic mass is 16.5. The van der Waals surface area contributed by atoms with Gasteiger partial charge in [0.2, 0.25) is 0 Å². The minimum Gasteiger partial charge on any atom is -0.508 e. The molecule has 0 saturated heterocycles. The Morgan fingerprint density at radius 1 is 1.27 bits per heavy atom. The normalized spacial score (nSPS) is 11.0. The summed E-state index contributed by atoms with van der Waals surface area (Å²) in [6, 6.07) is 7.04. The Balaban J connectivity index is 2.56. The molecule has 5 heteroatoms. The Bertz CT molecular complexity index is 750. The molecule has 0 bridgehead atoms. The Morgan fingerprint density at radius 3 is 2.65 bits per heavy atom. The number of benzene rings is 1. The first-order valence-electron chi connectivity index (χ1n) is 9.40. The molecule has 142 valence electrons. The number of ether oxygens (including phenoxy) is 1. The second kappa shape index (κ2) is 9.43. The molecule has 1 heterocycles. The minimum atomic E-state index is -0.429. The van der Waals surface area contributed by atoms with Gasteiger partial charge in [-0.1, -0.05) is 25.5 Å². The van der Waals surface area contributed by atoms with Crippen LogP contribution >= 0.6 is 0 Å². The van der Waals surface area contributed by atoms with Crippen LogP contribution in [-0.2, 0) is 17.7 Å². The number of rotatable bonds is 10. The van der Waals surface area contributed by atoms with Crippen molar-refractivity contribution in [2.24, 2.45) is 5.73 Å². The van der Waals surface area contributed by atoms with E-state index in [2.05, 4.69) is 11.5 Å². The van der Waals surface area contributed by atoms with Crippen LogP contribution in [0.1, 0.15) is 54.9 Å². The van der Waals surface area contributed by atoms with Crippen LogP contribution in [-0.4, -0.2) is 28.8 Å². The first kappa shape index (κ1) is 20.0. The number of carbonyl (C=O) groups excluding carboxylic acids is 1. The van der Waals surface area contributed by atoms with Gasteiger partial charge in [0, 0.05) is 36.7 Å². The predicted octanol–water partition coefficient (Wildman–Crippen LogP) is 4.04. The molecule has 0 unspecified atom stereocenters. The van der Waals surface area contributed by atoms with Gasteiger partial charge in [0.1, 0.15) is 5.75 Å². The molecule has 0 aliphatic carbocycles. The summed E-state index contributed by atoms with van der Waals surface area (Å²) in [6.07, 6.45) is 3.83. The summed E-state index contributed by atoms with van der Waals surface area (Å²) in [4.78, 5) is 12.2. The average molecular weight is 358 g/mol. The van der Waals surface area contributed by atoms with Gasteiger partial charge in [-0.2, -0.15) is 0 Å². The number of phenolic OH excluding ortho intramolecular Hbond substituents is 1. The molecule has 0 radical (unpaired) electrons. The Morgan fingerprint density at radius 2 is 2.04 bits per heavy atom. The van der Waals surface area contributed by atoms with Crippen LogP contribution in [0.25, 0.3) is 11.1 Å². The van der Waals surface area contributed by atoms with E-state index in [4.69, 9.17) is 10.5 Å². The fourth-order valence-corrected chi connectivity index (χ4v) is 3.45. The molecule has 2 aromatic rings. The molecular weight excluding hydrogens is 328 g/mol. The summed E-state index contributed by atoms with van der Waals surface area (Å²) < 4.78 is 7.67. The van der Waals surface area contributed by atoms with Crippen molar-refractivity contribution < 1.29 is 14.6 Å². The summed E-state index contributed by atoms with van der Waals surface area (Å²) in [5, 5.41) is 9.91. The number of aromatic hydroxyl groups is 1. The quantitative estimate of drug-likeness (QED) is 0.629. The molecule has 5 nitrogen and oxygen atoms in total. The Labute approximate surface area is 155 Å². The van der Waals surface area contributed by atoms with E-state index in [1.807, 2.05) is 19.9 Å². The molecule has 0 fully saturated rings. The average Bonchev–Trinajstić information content (AvgIpc) is 2.89. The van der Waals surface area contributed by atoms with Crippen molar-refractivity contribution in [3.05, 3.63) is 41.2 Å². The molecule has 1 amide bonds. The SMILES string of the molecule is CCCCc1c(-c2cccc(O)c2)c(C(N)=O)c(C)n1CCCOCC. The fraction of sp³-hybridized carbons (Fsp3) is 0.476. The number of nitrogens with two attached hydrogens (primary N) is 1. The highest BCUT2D eigenvalue weighted by Crippen LogP contribution is 2.35. The monoisotopic (exact) mass is 358 g/mol.